The van der Waals surface area contributed by atoms with Crippen LogP contribution in [0.4, 0.5) is 0 Å². The summed E-state index contributed by atoms with van der Waals surface area (Å²) in [5.41, 5.74) is -1.22. The van der Waals surface area contributed by atoms with Gasteiger partial charge in [0, 0.05) is 154 Å². The van der Waals surface area contributed by atoms with E-state index in [1.807, 2.05) is 0 Å². The molecule has 3 fully saturated rings. The molecule has 3 aliphatic rings. The van der Waals surface area contributed by atoms with Crippen LogP contribution in [-0.2, 0) is 71.5 Å². The molecule has 3 aliphatic heterocycles. The topological polar surface area (TPSA) is 479 Å². The molecule has 3 heterocycles. The predicted octanol–water partition coefficient (Wildman–Crippen LogP) is 2.33. The highest BCUT2D eigenvalue weighted by Gasteiger charge is 2.45. The highest BCUT2D eigenvalue weighted by Crippen LogP contribution is 2.31. The average Bonchev–Trinajstić information content (AvgIpc) is 0.364. The lowest BCUT2D eigenvalue weighted by atomic mass is 9.82. The van der Waals surface area contributed by atoms with Crippen LogP contribution in [0.2, 0.25) is 0 Å². The standard InChI is InChI=1S/C73H134N8O24.C4H10/c1-50-64(93)67(96)53(47-82)103-70(50)100-44-21-7-10-25-56(85)75-37-14-17-40-78-60(89)30-33-73(81-63(92)29-24-28-59(88)74-36-13-5-6-20-43-99-4,34-31-61(90)79-41-18-15-38-76-57(86)26-11-8-22-45-101-71-51(2)65(94)68(97)54(48-83)104-71)35-32-62(91)80-42-19-16-39-77-58(87)27-12-9-23-46-102-72-52(3)66(95)69(98)55(49-84)105-72;1-4(2)3/h50-55,64-72,82-84,93-98H,5-49H2,1-4H3,(H,74,88)(H,75,85)(H,76,86)(H,77,87)(H,78,89)(H,79,90)(H,80,91)(H,81,92);4H,1-3H3/t50?,51?,52?,53?,54?,55?,64-,65-,66-,67+,68+,69+,70-,71-,72-,73?;/m1./s1. The molecule has 17 N–H and O–H groups in total. The lowest BCUT2D eigenvalue weighted by molar-refractivity contribution is -0.282. The summed E-state index contributed by atoms with van der Waals surface area (Å²) < 4.78 is 39.2. The lowest BCUT2D eigenvalue weighted by Gasteiger charge is -2.40. The van der Waals surface area contributed by atoms with Gasteiger partial charge in [0.1, 0.15) is 36.6 Å². The van der Waals surface area contributed by atoms with E-state index in [1.165, 1.54) is 0 Å². The molecule has 0 aliphatic carbocycles. The van der Waals surface area contributed by atoms with Crippen molar-refractivity contribution >= 4 is 47.3 Å². The minimum Gasteiger partial charge on any atom is -0.394 e. The summed E-state index contributed by atoms with van der Waals surface area (Å²) in [6, 6.07) is 0. The van der Waals surface area contributed by atoms with Gasteiger partial charge in [0.2, 0.25) is 47.3 Å². The molecule has 3 saturated heterocycles. The third kappa shape index (κ3) is 45.0. The second-order valence-electron chi connectivity index (χ2n) is 30.1. The molecule has 3 rings (SSSR count). The van der Waals surface area contributed by atoms with Gasteiger partial charge >= 0.3 is 0 Å². The SMILES string of the molecule is CC(C)C.COCCCCCCNC(=O)CCCC(=O)NC(CCC(=O)NCCCCNC(=O)CCCCCO[C@@H]1OC(CO)[C@H](O)[C@H](O)C1C)(CCC(=O)NCCCCNC(=O)CCCCCO[C@@H]1OC(CO)[C@H](O)[C@H](O)C1C)CCC(=O)NCCCCNC(=O)CCCCCO[C@@H]1OC(CO)[C@H](O)[C@H](O)C1C. The molecule has 8 amide bonds. The molecule has 636 valence electrons. The Morgan fingerprint density at radius 1 is 0.321 bits per heavy atom. The summed E-state index contributed by atoms with van der Waals surface area (Å²) in [4.78, 5) is 106. The quantitative estimate of drug-likeness (QED) is 0.0389. The van der Waals surface area contributed by atoms with E-state index in [0.29, 0.717) is 188 Å². The molecule has 6 unspecified atom stereocenters. The van der Waals surface area contributed by atoms with Crippen LogP contribution in [0.5, 0.6) is 0 Å². The van der Waals surface area contributed by atoms with Crippen molar-refractivity contribution in [1.29, 1.82) is 0 Å². The largest absolute Gasteiger partial charge is 0.394 e. The van der Waals surface area contributed by atoms with Gasteiger partial charge in [0.15, 0.2) is 18.9 Å². The minimum absolute atomic E-state index is 0.0360. The van der Waals surface area contributed by atoms with Crippen LogP contribution in [0, 0.1) is 23.7 Å². The number of amides is 8. The Balaban J connectivity index is 0.00000982. The van der Waals surface area contributed by atoms with Gasteiger partial charge in [-0.25, -0.2) is 0 Å². The van der Waals surface area contributed by atoms with Crippen molar-refractivity contribution in [3.63, 3.8) is 0 Å². The number of hydrogen-bond donors (Lipinski definition) is 17. The first kappa shape index (κ1) is 100. The number of methoxy groups -OCH3 is 1. The normalized spacial score (nSPS) is 24.5. The van der Waals surface area contributed by atoms with E-state index in [9.17, 15) is 84.3 Å². The van der Waals surface area contributed by atoms with Crippen LogP contribution in [-0.4, -0.2) is 272 Å². The maximum Gasteiger partial charge on any atom is 0.220 e. The van der Waals surface area contributed by atoms with Crippen molar-refractivity contribution in [3.05, 3.63) is 0 Å². The molecule has 0 spiro atoms. The van der Waals surface area contributed by atoms with Crippen LogP contribution in [0.1, 0.15) is 241 Å². The average molecular weight is 1570 g/mol. The van der Waals surface area contributed by atoms with Crippen LogP contribution in [0.15, 0.2) is 0 Å². The predicted molar refractivity (Wildman–Crippen MR) is 406 cm³/mol. The van der Waals surface area contributed by atoms with Crippen molar-refractivity contribution in [2.24, 2.45) is 23.7 Å². The molecular weight excluding hydrogens is 1420 g/mol. The van der Waals surface area contributed by atoms with E-state index in [4.69, 9.17) is 33.2 Å². The first-order chi connectivity index (χ1) is 52.2. The number of hydrogen-bond acceptors (Lipinski definition) is 24. The molecule has 0 aromatic carbocycles. The third-order valence-electron chi connectivity index (χ3n) is 19.6. The van der Waals surface area contributed by atoms with Crippen LogP contribution in [0.3, 0.4) is 0 Å². The monoisotopic (exact) mass is 1570 g/mol. The molecule has 0 aromatic rings. The summed E-state index contributed by atoms with van der Waals surface area (Å²) in [5, 5.41) is 113. The number of carbonyl (C=O) groups is 8. The van der Waals surface area contributed by atoms with Gasteiger partial charge in [-0.05, 0) is 121 Å². The van der Waals surface area contributed by atoms with E-state index in [1.54, 1.807) is 27.9 Å². The molecule has 0 bridgehead atoms. The number of unbranched alkanes of at least 4 members (excludes halogenated alkanes) is 12. The van der Waals surface area contributed by atoms with E-state index in [2.05, 4.69) is 63.3 Å². The van der Waals surface area contributed by atoms with E-state index in [0.717, 1.165) is 31.6 Å². The van der Waals surface area contributed by atoms with Crippen molar-refractivity contribution in [2.45, 2.75) is 320 Å². The van der Waals surface area contributed by atoms with Gasteiger partial charge in [-0.15, -0.1) is 0 Å². The van der Waals surface area contributed by atoms with Crippen LogP contribution < -0.4 is 42.5 Å². The summed E-state index contributed by atoms with van der Waals surface area (Å²) >= 11 is 0. The second kappa shape index (κ2) is 60.7. The molecule has 0 radical (unpaired) electrons. The number of aliphatic hydroxyl groups is 9. The zero-order chi connectivity index (χ0) is 80.8. The van der Waals surface area contributed by atoms with Gasteiger partial charge in [-0.2, -0.15) is 0 Å². The van der Waals surface area contributed by atoms with E-state index >= 15 is 0 Å². The molecule has 32 nitrogen and oxygen atoms in total. The number of ether oxygens (including phenoxy) is 7. The maximum absolute atomic E-state index is 14.0. The van der Waals surface area contributed by atoms with E-state index in [-0.39, 0.29) is 99.1 Å². The number of nitrogens with one attached hydrogen (secondary N) is 8. The van der Waals surface area contributed by atoms with Crippen LogP contribution >= 0.6 is 0 Å². The molecule has 0 aromatic heterocycles. The third-order valence-corrected chi connectivity index (χ3v) is 19.6. The fourth-order valence-corrected chi connectivity index (χ4v) is 12.6. The lowest BCUT2D eigenvalue weighted by Crippen LogP contribution is -2.55. The summed E-state index contributed by atoms with van der Waals surface area (Å²) in [6.45, 7) is 14.4. The summed E-state index contributed by atoms with van der Waals surface area (Å²) in [7, 11) is 1.66. The fourth-order valence-electron chi connectivity index (χ4n) is 12.6. The van der Waals surface area contributed by atoms with E-state index < -0.39 is 123 Å². The Hall–Kier alpha value is -4.88. The maximum atomic E-state index is 14.0. The van der Waals surface area contributed by atoms with Gasteiger partial charge in [0.05, 0.1) is 38.1 Å². The molecule has 15 atom stereocenters. The number of aliphatic hydroxyl groups excluding tert-OH is 9. The zero-order valence-electron chi connectivity index (χ0n) is 66.7. The van der Waals surface area contributed by atoms with Gasteiger partial charge in [-0.1, -0.05) is 73.6 Å². The summed E-state index contributed by atoms with van der Waals surface area (Å²) in [5.74, 6) is -2.59. The van der Waals surface area contributed by atoms with Gasteiger partial charge in [-0.3, -0.25) is 38.4 Å². The fraction of sp³-hybridized carbons (Fsp3) is 0.896. The van der Waals surface area contributed by atoms with Gasteiger partial charge in [0.25, 0.3) is 0 Å². The van der Waals surface area contributed by atoms with Crippen molar-refractivity contribution in [1.82, 2.24) is 42.5 Å². The molecule has 109 heavy (non-hydrogen) atoms. The Morgan fingerprint density at radius 3 is 0.826 bits per heavy atom. The second-order valence-corrected chi connectivity index (χ2v) is 30.1. The number of carbonyl (C=O) groups excluding carboxylic acids is 8. The highest BCUT2D eigenvalue weighted by atomic mass is 16.7. The molecular formula is C77H144N8O24. The van der Waals surface area contributed by atoms with Crippen molar-refractivity contribution < 1.29 is 117 Å². The Bertz CT molecular complexity index is 2240. The Labute approximate surface area is 647 Å². The number of rotatable bonds is 60. The van der Waals surface area contributed by atoms with Crippen molar-refractivity contribution in [2.75, 3.05) is 99.2 Å². The van der Waals surface area contributed by atoms with Crippen molar-refractivity contribution in [3.8, 4) is 0 Å². The molecule has 32 heteroatoms. The van der Waals surface area contributed by atoms with Gasteiger partial charge < -0.3 is 122 Å². The minimum atomic E-state index is -1.22. The first-order valence-electron chi connectivity index (χ1n) is 40.6. The smallest absolute Gasteiger partial charge is 0.220 e. The van der Waals surface area contributed by atoms with Crippen LogP contribution in [0.25, 0.3) is 0 Å². The summed E-state index contributed by atoms with van der Waals surface area (Å²) in [6.07, 6.45) is 1.87. The zero-order valence-corrected chi connectivity index (χ0v) is 66.7. The Morgan fingerprint density at radius 2 is 0.550 bits per heavy atom. The molecule has 0 saturated carbocycles. The Kier molecular flexibility index (Phi) is 55.8. The first-order valence-corrected chi connectivity index (χ1v) is 40.6. The highest BCUT2D eigenvalue weighted by molar-refractivity contribution is 5.81.